The van der Waals surface area contributed by atoms with E-state index < -0.39 is 34.1 Å². The number of hydrogen-bond donors (Lipinski definition) is 0. The summed E-state index contributed by atoms with van der Waals surface area (Å²) in [6, 6.07) is 6.79. The van der Waals surface area contributed by atoms with Crippen LogP contribution in [0.4, 0.5) is 8.78 Å². The minimum atomic E-state index is -4.14. The Bertz CT molecular complexity index is 1520. The third-order valence-electron chi connectivity index (χ3n) is 6.54. The van der Waals surface area contributed by atoms with Crippen molar-refractivity contribution in [1.29, 1.82) is 0 Å². The van der Waals surface area contributed by atoms with Crippen LogP contribution in [0.15, 0.2) is 58.5 Å². The van der Waals surface area contributed by atoms with Crippen LogP contribution in [-0.2, 0) is 26.0 Å². The number of sulfonamides is 1. The highest BCUT2D eigenvalue weighted by molar-refractivity contribution is 8.02. The summed E-state index contributed by atoms with van der Waals surface area (Å²) in [5, 5.41) is 10.2. The third-order valence-corrected chi connectivity index (χ3v) is 10.3. The number of hydrogen-bond acceptors (Lipinski definition) is 9. The molecule has 16 heteroatoms. The van der Waals surface area contributed by atoms with Crippen molar-refractivity contribution in [2.24, 2.45) is 5.92 Å². The van der Waals surface area contributed by atoms with Gasteiger partial charge in [0.25, 0.3) is 10.0 Å². The van der Waals surface area contributed by atoms with Crippen molar-refractivity contribution in [3.8, 4) is 11.5 Å². The van der Waals surface area contributed by atoms with Gasteiger partial charge in [0.15, 0.2) is 29.3 Å². The number of pyridine rings is 1. The lowest BCUT2D eigenvalue weighted by Gasteiger charge is -2.25. The van der Waals surface area contributed by atoms with E-state index in [-0.39, 0.29) is 51.8 Å². The second-order valence-corrected chi connectivity index (χ2v) is 13.4. The van der Waals surface area contributed by atoms with Gasteiger partial charge in [-0.15, -0.1) is 11.8 Å². The maximum atomic E-state index is 13.5. The average molecular weight is 666 g/mol. The number of benzene rings is 1. The second kappa shape index (κ2) is 12.8. The number of aromatic nitrogens is 1. The normalized spacial score (nSPS) is 18.3. The van der Waals surface area contributed by atoms with Crippen molar-refractivity contribution < 1.29 is 45.4 Å². The van der Waals surface area contributed by atoms with Crippen molar-refractivity contribution in [2.75, 3.05) is 18.9 Å². The third kappa shape index (κ3) is 7.05. The summed E-state index contributed by atoms with van der Waals surface area (Å²) >= 11 is 13.7. The minimum absolute atomic E-state index is 0.00123. The Morgan fingerprint density at radius 2 is 1.93 bits per heavy atom. The minimum Gasteiger partial charge on any atom is -0.619 e. The van der Waals surface area contributed by atoms with Gasteiger partial charge in [-0.25, -0.2) is 13.2 Å². The van der Waals surface area contributed by atoms with Crippen LogP contribution >= 0.6 is 35.0 Å². The molecule has 10 nitrogen and oxygen atoms in total. The number of carbonyl (C=O) groups is 1. The van der Waals surface area contributed by atoms with Crippen LogP contribution in [0.1, 0.15) is 30.1 Å². The first-order chi connectivity index (χ1) is 20.0. The molecule has 3 heterocycles. The molecule has 1 saturated carbocycles. The van der Waals surface area contributed by atoms with E-state index in [1.165, 1.54) is 36.6 Å². The number of alkyl halides is 2. The van der Waals surface area contributed by atoms with E-state index in [9.17, 15) is 27.2 Å². The number of thioether (sulfide) groups is 1. The topological polar surface area (TPSA) is 122 Å². The summed E-state index contributed by atoms with van der Waals surface area (Å²) in [5.41, 5.74) is 0.584. The highest BCUT2D eigenvalue weighted by Gasteiger charge is 2.43. The predicted octanol–water partition coefficient (Wildman–Crippen LogP) is 5.20. The highest BCUT2D eigenvalue weighted by Crippen LogP contribution is 2.39. The van der Waals surface area contributed by atoms with Gasteiger partial charge in [0.05, 0.1) is 12.9 Å². The molecule has 1 aliphatic heterocycles. The molecule has 0 amide bonds. The maximum absolute atomic E-state index is 13.5. The van der Waals surface area contributed by atoms with Gasteiger partial charge < -0.3 is 23.8 Å². The van der Waals surface area contributed by atoms with Crippen molar-refractivity contribution >= 4 is 51.0 Å². The Morgan fingerprint density at radius 1 is 1.19 bits per heavy atom. The highest BCUT2D eigenvalue weighted by atomic mass is 35.5. The summed E-state index contributed by atoms with van der Waals surface area (Å²) in [4.78, 5) is 13.5. The zero-order chi connectivity index (χ0) is 30.0. The van der Waals surface area contributed by atoms with Crippen molar-refractivity contribution in [2.45, 2.75) is 42.4 Å². The van der Waals surface area contributed by atoms with Gasteiger partial charge in [0.1, 0.15) is 16.1 Å². The van der Waals surface area contributed by atoms with Crippen LogP contribution in [0.3, 0.4) is 0 Å². The van der Waals surface area contributed by atoms with E-state index in [1.807, 2.05) is 0 Å². The zero-order valence-electron chi connectivity index (χ0n) is 21.7. The van der Waals surface area contributed by atoms with E-state index in [0.29, 0.717) is 22.0 Å². The summed E-state index contributed by atoms with van der Waals surface area (Å²) < 4.78 is 75.2. The molecule has 3 aromatic rings. The lowest BCUT2D eigenvalue weighted by Crippen LogP contribution is -2.40. The van der Waals surface area contributed by atoms with E-state index >= 15 is 0 Å². The molecular weight excluding hydrogens is 641 g/mol. The molecule has 1 aliphatic carbocycles. The molecule has 5 rings (SSSR count). The van der Waals surface area contributed by atoms with E-state index in [0.717, 1.165) is 41.3 Å². The van der Waals surface area contributed by atoms with Crippen LogP contribution < -0.4 is 14.2 Å². The molecule has 1 saturated heterocycles. The molecule has 2 aromatic heterocycles. The number of furan rings is 1. The lowest BCUT2D eigenvalue weighted by atomic mass is 10.0. The molecule has 2 unspecified atom stereocenters. The molecule has 0 radical (unpaired) electrons. The first-order valence-corrected chi connectivity index (χ1v) is 15.9. The summed E-state index contributed by atoms with van der Waals surface area (Å²) in [6.45, 7) is -2.78. The van der Waals surface area contributed by atoms with Gasteiger partial charge in [-0.2, -0.15) is 17.8 Å². The van der Waals surface area contributed by atoms with Crippen LogP contribution in [0, 0.1) is 11.1 Å². The fraction of sp³-hybridized carbons (Fsp3) is 0.385. The van der Waals surface area contributed by atoms with Crippen LogP contribution in [0.25, 0.3) is 0 Å². The number of esters is 1. The first-order valence-electron chi connectivity index (χ1n) is 12.7. The molecule has 0 bridgehead atoms. The van der Waals surface area contributed by atoms with Crippen LogP contribution in [0.2, 0.25) is 10.0 Å². The van der Waals surface area contributed by atoms with Crippen LogP contribution in [0.5, 0.6) is 11.5 Å². The Kier molecular flexibility index (Phi) is 9.38. The SMILES string of the molecule is O=C(OC(Cc1c(Cl)c[n+]([O-])cc1Cl)c1ccc(OC(F)F)c(OCC2CC2)c1)C1SCCN1S(=O)(=O)c1ccco1. The molecule has 2 atom stereocenters. The number of carbonyl (C=O) groups excluding carboxylic acids is 1. The number of ether oxygens (including phenoxy) is 3. The number of nitrogens with zero attached hydrogens (tertiary/aromatic N) is 2. The number of rotatable bonds is 12. The van der Waals surface area contributed by atoms with Gasteiger partial charge in [-0.3, -0.25) is 0 Å². The van der Waals surface area contributed by atoms with Gasteiger partial charge in [-0.05, 0) is 48.6 Å². The first kappa shape index (κ1) is 30.7. The van der Waals surface area contributed by atoms with Crippen molar-refractivity contribution in [1.82, 2.24) is 4.31 Å². The number of halogens is 4. The largest absolute Gasteiger partial charge is 0.619 e. The molecule has 1 aromatic carbocycles. The van der Waals surface area contributed by atoms with Crippen LogP contribution in [-0.4, -0.2) is 49.6 Å². The van der Waals surface area contributed by atoms with E-state index in [2.05, 4.69) is 4.74 Å². The predicted molar refractivity (Wildman–Crippen MR) is 148 cm³/mol. The molecule has 2 fully saturated rings. The monoisotopic (exact) mass is 664 g/mol. The van der Waals surface area contributed by atoms with Gasteiger partial charge >= 0.3 is 12.6 Å². The summed E-state index contributed by atoms with van der Waals surface area (Å²) in [7, 11) is -4.14. The Balaban J connectivity index is 1.47. The lowest BCUT2D eigenvalue weighted by molar-refractivity contribution is -0.605. The standard InChI is InChI=1S/C26H24Cl2F2N2O8S2/c27-18-12-31(34)13-19(28)17(18)11-21(16-5-6-20(40-26(29)30)22(10-16)38-14-15-3-4-15)39-25(33)24-32(7-9-41-24)42(35,36)23-2-1-8-37-23/h1-2,5-6,8,10,12-13,15,21,24,26H,3-4,7,9,11,14H2. The van der Waals surface area contributed by atoms with Crippen molar-refractivity contribution in [3.05, 3.63) is 75.4 Å². The molecule has 2 aliphatic rings. The van der Waals surface area contributed by atoms with E-state index in [1.54, 1.807) is 0 Å². The Morgan fingerprint density at radius 3 is 2.57 bits per heavy atom. The average Bonchev–Trinajstić information content (AvgIpc) is 3.36. The fourth-order valence-electron chi connectivity index (χ4n) is 4.27. The quantitative estimate of drug-likeness (QED) is 0.146. The van der Waals surface area contributed by atoms with Crippen molar-refractivity contribution in [3.63, 3.8) is 0 Å². The summed E-state index contributed by atoms with van der Waals surface area (Å²) in [5.74, 6) is -0.453. The molecule has 0 spiro atoms. The molecule has 226 valence electrons. The Hall–Kier alpha value is -2.78. The Labute approximate surface area is 254 Å². The van der Waals surface area contributed by atoms with Gasteiger partial charge in [0, 0.05) is 24.3 Å². The van der Waals surface area contributed by atoms with Gasteiger partial charge in [0.2, 0.25) is 5.09 Å². The van der Waals surface area contributed by atoms with Gasteiger partial charge in [-0.1, -0.05) is 29.3 Å². The fourth-order valence-corrected chi connectivity index (χ4v) is 7.83. The second-order valence-electron chi connectivity index (χ2n) is 9.53. The summed E-state index contributed by atoms with van der Waals surface area (Å²) in [6.07, 6.45) is 3.99. The molecule has 0 N–H and O–H groups in total. The zero-order valence-corrected chi connectivity index (χ0v) is 24.8. The molecular formula is C26H24Cl2F2N2O8S2. The molecule has 42 heavy (non-hydrogen) atoms. The smallest absolute Gasteiger partial charge is 0.387 e. The van der Waals surface area contributed by atoms with E-state index in [4.69, 9.17) is 37.1 Å². The maximum Gasteiger partial charge on any atom is 0.387 e.